The normalized spacial score (nSPS) is 23.7. The van der Waals surface area contributed by atoms with Gasteiger partial charge in [-0.05, 0) is 25.8 Å². The molecular weight excluding hydrogens is 264 g/mol. The highest BCUT2D eigenvalue weighted by molar-refractivity contribution is 6.33. The number of rotatable bonds is 2. The molecule has 5 heteroatoms. The van der Waals surface area contributed by atoms with Crippen LogP contribution in [0.5, 0.6) is 0 Å². The number of amides is 1. The average Bonchev–Trinajstić information content (AvgIpc) is 2.55. The molecule has 1 aromatic heterocycles. The van der Waals surface area contributed by atoms with Gasteiger partial charge < -0.3 is 10.4 Å². The van der Waals surface area contributed by atoms with E-state index >= 15 is 0 Å². The van der Waals surface area contributed by atoms with Crippen LogP contribution in [0.3, 0.4) is 0 Å². The predicted octanol–water partition coefficient (Wildman–Crippen LogP) is 2.47. The molecule has 2 rings (SSSR count). The van der Waals surface area contributed by atoms with Crippen molar-refractivity contribution < 1.29 is 9.90 Å². The van der Waals surface area contributed by atoms with Crippen molar-refractivity contribution >= 4 is 17.5 Å². The Morgan fingerprint density at radius 1 is 1.42 bits per heavy atom. The highest BCUT2D eigenvalue weighted by Crippen LogP contribution is 2.20. The fraction of sp³-hybridized carbons (Fsp3) is 0.571. The minimum absolute atomic E-state index is 0.188. The molecule has 1 saturated carbocycles. The zero-order valence-electron chi connectivity index (χ0n) is 11.0. The lowest BCUT2D eigenvalue weighted by molar-refractivity contribution is 0.0818. The summed E-state index contributed by atoms with van der Waals surface area (Å²) in [5.41, 5.74) is 1.14. The van der Waals surface area contributed by atoms with Gasteiger partial charge in [0.05, 0.1) is 22.7 Å². The largest absolute Gasteiger partial charge is 0.391 e. The van der Waals surface area contributed by atoms with Crippen LogP contribution in [0.25, 0.3) is 0 Å². The van der Waals surface area contributed by atoms with Gasteiger partial charge >= 0.3 is 0 Å². The molecule has 0 spiro atoms. The van der Waals surface area contributed by atoms with Crippen molar-refractivity contribution in [2.75, 3.05) is 0 Å². The van der Waals surface area contributed by atoms with Gasteiger partial charge in [0.1, 0.15) is 0 Å². The lowest BCUT2D eigenvalue weighted by Crippen LogP contribution is -2.42. The minimum Gasteiger partial charge on any atom is -0.391 e. The summed E-state index contributed by atoms with van der Waals surface area (Å²) in [7, 11) is 0. The van der Waals surface area contributed by atoms with Crippen molar-refractivity contribution in [1.29, 1.82) is 0 Å². The Labute approximate surface area is 118 Å². The predicted molar refractivity (Wildman–Crippen MR) is 74.3 cm³/mol. The number of aliphatic hydroxyl groups is 1. The zero-order valence-corrected chi connectivity index (χ0v) is 11.8. The second-order valence-electron chi connectivity index (χ2n) is 5.09. The van der Waals surface area contributed by atoms with Crippen LogP contribution in [0.4, 0.5) is 0 Å². The maximum absolute atomic E-state index is 12.2. The minimum atomic E-state index is -0.469. The molecule has 2 unspecified atom stereocenters. The van der Waals surface area contributed by atoms with E-state index in [4.69, 9.17) is 11.6 Å². The molecule has 0 bridgehead atoms. The molecule has 0 aromatic carbocycles. The van der Waals surface area contributed by atoms with Crippen molar-refractivity contribution in [3.05, 3.63) is 28.5 Å². The number of nitrogens with zero attached hydrogens (tertiary/aromatic N) is 1. The second-order valence-corrected chi connectivity index (χ2v) is 5.50. The van der Waals surface area contributed by atoms with E-state index in [9.17, 15) is 9.90 Å². The first-order valence-electron chi connectivity index (χ1n) is 6.69. The van der Waals surface area contributed by atoms with Gasteiger partial charge in [0.2, 0.25) is 0 Å². The molecule has 1 amide bonds. The third-order valence-electron chi connectivity index (χ3n) is 3.53. The number of aromatic nitrogens is 1. The van der Waals surface area contributed by atoms with Gasteiger partial charge in [-0.15, -0.1) is 0 Å². The molecule has 19 heavy (non-hydrogen) atoms. The molecular formula is C14H19ClN2O2. The van der Waals surface area contributed by atoms with Crippen LogP contribution in [0.15, 0.2) is 12.3 Å². The van der Waals surface area contributed by atoms with E-state index in [2.05, 4.69) is 10.3 Å². The van der Waals surface area contributed by atoms with Crippen LogP contribution in [0.2, 0.25) is 5.02 Å². The summed E-state index contributed by atoms with van der Waals surface area (Å²) in [5.74, 6) is -0.261. The average molecular weight is 283 g/mol. The highest BCUT2D eigenvalue weighted by atomic mass is 35.5. The van der Waals surface area contributed by atoms with E-state index in [1.807, 2.05) is 6.92 Å². The first kappa shape index (κ1) is 14.3. The number of pyridine rings is 1. The van der Waals surface area contributed by atoms with Gasteiger partial charge in [0, 0.05) is 11.9 Å². The number of hydrogen-bond acceptors (Lipinski definition) is 3. The summed E-state index contributed by atoms with van der Waals surface area (Å²) in [6.07, 6.45) is 5.71. The molecule has 104 valence electrons. The van der Waals surface area contributed by atoms with Gasteiger partial charge in [-0.3, -0.25) is 9.78 Å². The number of aliphatic hydroxyl groups excluding tert-OH is 1. The molecule has 1 heterocycles. The Morgan fingerprint density at radius 3 is 2.89 bits per heavy atom. The number of nitrogens with one attached hydrogen (secondary N) is 1. The van der Waals surface area contributed by atoms with Gasteiger partial charge in [0.25, 0.3) is 5.91 Å². The maximum atomic E-state index is 12.2. The molecule has 1 aromatic rings. The molecule has 1 aliphatic carbocycles. The van der Waals surface area contributed by atoms with E-state index in [1.165, 1.54) is 6.20 Å². The van der Waals surface area contributed by atoms with Gasteiger partial charge in [-0.2, -0.15) is 0 Å². The van der Waals surface area contributed by atoms with Crippen LogP contribution >= 0.6 is 11.6 Å². The molecule has 2 N–H and O–H groups in total. The van der Waals surface area contributed by atoms with Crippen LogP contribution in [-0.4, -0.2) is 28.1 Å². The van der Waals surface area contributed by atoms with Gasteiger partial charge in [-0.25, -0.2) is 0 Å². The van der Waals surface area contributed by atoms with Gasteiger partial charge in [-0.1, -0.05) is 30.9 Å². The standard InChI is InChI=1S/C14H19ClN2O2/c1-9-7-11(15)10(8-16-9)14(19)17-12-5-3-2-4-6-13(12)18/h7-8,12-13,18H,2-6H2,1H3,(H,17,19). The summed E-state index contributed by atoms with van der Waals surface area (Å²) in [5, 5.41) is 13.3. The number of aryl methyl sites for hydroxylation is 1. The Morgan fingerprint density at radius 2 is 2.16 bits per heavy atom. The zero-order chi connectivity index (χ0) is 13.8. The van der Waals surface area contributed by atoms with E-state index < -0.39 is 6.10 Å². The fourth-order valence-corrected chi connectivity index (χ4v) is 2.69. The van der Waals surface area contributed by atoms with E-state index in [0.717, 1.165) is 37.8 Å². The molecule has 1 fully saturated rings. The summed E-state index contributed by atoms with van der Waals surface area (Å²) in [6.45, 7) is 1.82. The Kier molecular flexibility index (Phi) is 4.77. The van der Waals surface area contributed by atoms with E-state index in [0.29, 0.717) is 10.6 Å². The van der Waals surface area contributed by atoms with Crippen molar-refractivity contribution in [3.8, 4) is 0 Å². The topological polar surface area (TPSA) is 62.2 Å². The summed E-state index contributed by atoms with van der Waals surface area (Å²) >= 11 is 6.05. The summed E-state index contributed by atoms with van der Waals surface area (Å²) in [6, 6.07) is 1.48. The van der Waals surface area contributed by atoms with Crippen LogP contribution in [0.1, 0.15) is 48.2 Å². The van der Waals surface area contributed by atoms with Crippen molar-refractivity contribution in [1.82, 2.24) is 10.3 Å². The molecule has 4 nitrogen and oxygen atoms in total. The van der Waals surface area contributed by atoms with Gasteiger partial charge in [0.15, 0.2) is 0 Å². The summed E-state index contributed by atoms with van der Waals surface area (Å²) < 4.78 is 0. The number of halogens is 1. The number of hydrogen-bond donors (Lipinski definition) is 2. The Bertz CT molecular complexity index is 465. The Hall–Kier alpha value is -1.13. The monoisotopic (exact) mass is 282 g/mol. The molecule has 0 aliphatic heterocycles. The molecule has 1 aliphatic rings. The van der Waals surface area contributed by atoms with E-state index in [-0.39, 0.29) is 11.9 Å². The third-order valence-corrected chi connectivity index (χ3v) is 3.84. The quantitative estimate of drug-likeness (QED) is 0.819. The smallest absolute Gasteiger partial charge is 0.254 e. The first-order chi connectivity index (χ1) is 9.08. The molecule has 0 saturated heterocycles. The van der Waals surface area contributed by atoms with Crippen molar-refractivity contribution in [3.63, 3.8) is 0 Å². The maximum Gasteiger partial charge on any atom is 0.254 e. The number of carbonyl (C=O) groups is 1. The third kappa shape index (κ3) is 3.67. The molecule has 2 atom stereocenters. The highest BCUT2D eigenvalue weighted by Gasteiger charge is 2.24. The van der Waals surface area contributed by atoms with Crippen LogP contribution in [-0.2, 0) is 0 Å². The fourth-order valence-electron chi connectivity index (χ4n) is 2.40. The van der Waals surface area contributed by atoms with Crippen LogP contribution < -0.4 is 5.32 Å². The lowest BCUT2D eigenvalue weighted by atomic mass is 10.1. The Balaban J connectivity index is 2.07. The van der Waals surface area contributed by atoms with Crippen LogP contribution in [0, 0.1) is 6.92 Å². The summed E-state index contributed by atoms with van der Waals surface area (Å²) in [4.78, 5) is 16.2. The lowest BCUT2D eigenvalue weighted by Gasteiger charge is -2.21. The number of carbonyl (C=O) groups excluding carboxylic acids is 1. The SMILES string of the molecule is Cc1cc(Cl)c(C(=O)NC2CCCCCC2O)cn1. The first-order valence-corrected chi connectivity index (χ1v) is 7.07. The molecule has 0 radical (unpaired) electrons. The second kappa shape index (κ2) is 6.35. The van der Waals surface area contributed by atoms with Crippen molar-refractivity contribution in [2.45, 2.75) is 51.2 Å². The van der Waals surface area contributed by atoms with Crippen molar-refractivity contribution in [2.24, 2.45) is 0 Å². The van der Waals surface area contributed by atoms with E-state index in [1.54, 1.807) is 6.07 Å².